The number of hydrogen-bond donors (Lipinski definition) is 0. The Bertz CT molecular complexity index is 1010. The van der Waals surface area contributed by atoms with Crippen LogP contribution >= 0.6 is 27.5 Å². The van der Waals surface area contributed by atoms with E-state index in [1.54, 1.807) is 0 Å². The predicted molar refractivity (Wildman–Crippen MR) is 121 cm³/mol. The van der Waals surface area contributed by atoms with Crippen molar-refractivity contribution in [3.8, 4) is 0 Å². The highest BCUT2D eigenvalue weighted by atomic mass is 79.9. The van der Waals surface area contributed by atoms with E-state index in [0.29, 0.717) is 5.92 Å². The maximum atomic E-state index is 6.61. The zero-order valence-electron chi connectivity index (χ0n) is 16.7. The summed E-state index contributed by atoms with van der Waals surface area (Å²) in [6.07, 6.45) is 6.42. The summed E-state index contributed by atoms with van der Waals surface area (Å²) < 4.78 is 3.28. The molecule has 28 heavy (non-hydrogen) atoms. The molecular formula is C22H26BrClN4. The van der Waals surface area contributed by atoms with E-state index in [4.69, 9.17) is 16.6 Å². The van der Waals surface area contributed by atoms with Crippen LogP contribution in [-0.2, 0) is 6.54 Å². The van der Waals surface area contributed by atoms with Crippen molar-refractivity contribution in [2.75, 3.05) is 11.4 Å². The molecule has 0 radical (unpaired) electrons. The first-order valence-electron chi connectivity index (χ1n) is 10.1. The lowest BCUT2D eigenvalue weighted by Crippen LogP contribution is -2.20. The molecule has 0 aliphatic carbocycles. The fraction of sp³-hybridized carbons (Fsp3) is 0.455. The van der Waals surface area contributed by atoms with Crippen molar-refractivity contribution >= 4 is 50.2 Å². The summed E-state index contributed by atoms with van der Waals surface area (Å²) >= 11 is 10.1. The summed E-state index contributed by atoms with van der Waals surface area (Å²) in [6, 6.07) is 6.40. The van der Waals surface area contributed by atoms with E-state index >= 15 is 0 Å². The Morgan fingerprint density at radius 1 is 1.18 bits per heavy atom. The molecule has 0 saturated heterocycles. The molecule has 1 aromatic carbocycles. The van der Waals surface area contributed by atoms with E-state index < -0.39 is 0 Å². The van der Waals surface area contributed by atoms with Crippen molar-refractivity contribution in [3.05, 3.63) is 45.1 Å². The lowest BCUT2D eigenvalue weighted by Gasteiger charge is -2.22. The Morgan fingerprint density at radius 3 is 2.64 bits per heavy atom. The molecule has 4 rings (SSSR count). The highest BCUT2D eigenvalue weighted by Gasteiger charge is 2.26. The summed E-state index contributed by atoms with van der Waals surface area (Å²) in [5.41, 5.74) is 5.72. The number of nitrogens with zero attached hydrogens (tertiary/aromatic N) is 4. The third-order valence-corrected chi connectivity index (χ3v) is 6.98. The molecule has 6 heteroatoms. The van der Waals surface area contributed by atoms with Crippen LogP contribution in [0.5, 0.6) is 0 Å². The topological polar surface area (TPSA) is 34.0 Å². The SMILES string of the molecule is CCC(CC)c1ccc(Cl)c2nc3n(c12)CCCCN3c1cnc(Br)c(C)c1. The van der Waals surface area contributed by atoms with Crippen LogP contribution in [0.25, 0.3) is 11.0 Å². The predicted octanol–water partition coefficient (Wildman–Crippen LogP) is 6.99. The van der Waals surface area contributed by atoms with Gasteiger partial charge in [0.1, 0.15) is 10.1 Å². The molecule has 0 atom stereocenters. The first-order chi connectivity index (χ1) is 13.5. The van der Waals surface area contributed by atoms with Crippen molar-refractivity contribution in [1.82, 2.24) is 14.5 Å². The number of halogens is 2. The van der Waals surface area contributed by atoms with Gasteiger partial charge < -0.3 is 9.47 Å². The van der Waals surface area contributed by atoms with Crippen LogP contribution in [0.2, 0.25) is 5.02 Å². The molecule has 4 nitrogen and oxygen atoms in total. The summed E-state index contributed by atoms with van der Waals surface area (Å²) in [6.45, 7) is 8.50. The average molecular weight is 462 g/mol. The Balaban J connectivity index is 1.94. The number of rotatable bonds is 4. The average Bonchev–Trinajstić information content (AvgIpc) is 2.95. The van der Waals surface area contributed by atoms with Gasteiger partial charge in [-0.3, -0.25) is 0 Å². The second-order valence-electron chi connectivity index (χ2n) is 7.57. The van der Waals surface area contributed by atoms with Gasteiger partial charge in [-0.15, -0.1) is 0 Å². The zero-order chi connectivity index (χ0) is 19.8. The first kappa shape index (κ1) is 19.7. The molecule has 0 bridgehead atoms. The van der Waals surface area contributed by atoms with E-state index in [1.807, 2.05) is 12.3 Å². The van der Waals surface area contributed by atoms with Crippen molar-refractivity contribution in [1.29, 1.82) is 0 Å². The number of anilines is 2. The van der Waals surface area contributed by atoms with Crippen LogP contribution in [0, 0.1) is 6.92 Å². The number of imidazole rings is 1. The minimum atomic E-state index is 0.522. The van der Waals surface area contributed by atoms with Crippen molar-refractivity contribution in [2.45, 2.75) is 58.9 Å². The lowest BCUT2D eigenvalue weighted by atomic mass is 9.93. The van der Waals surface area contributed by atoms with E-state index in [1.165, 1.54) is 11.1 Å². The monoisotopic (exact) mass is 460 g/mol. The minimum absolute atomic E-state index is 0.522. The summed E-state index contributed by atoms with van der Waals surface area (Å²) in [5, 5.41) is 0.732. The van der Waals surface area contributed by atoms with Crippen molar-refractivity contribution in [2.24, 2.45) is 0 Å². The van der Waals surface area contributed by atoms with E-state index in [-0.39, 0.29) is 0 Å². The number of hydrogen-bond acceptors (Lipinski definition) is 3. The lowest BCUT2D eigenvalue weighted by molar-refractivity contribution is 0.632. The largest absolute Gasteiger partial charge is 0.310 e. The van der Waals surface area contributed by atoms with Gasteiger partial charge in [-0.25, -0.2) is 9.97 Å². The summed E-state index contributed by atoms with van der Waals surface area (Å²) in [7, 11) is 0. The number of aromatic nitrogens is 3. The second-order valence-corrected chi connectivity index (χ2v) is 8.73. The maximum Gasteiger partial charge on any atom is 0.211 e. The molecule has 0 spiro atoms. The molecule has 3 aromatic rings. The van der Waals surface area contributed by atoms with Crippen LogP contribution in [-0.4, -0.2) is 21.1 Å². The first-order valence-corrected chi connectivity index (χ1v) is 11.3. The zero-order valence-corrected chi connectivity index (χ0v) is 19.0. The van der Waals surface area contributed by atoms with Crippen LogP contribution < -0.4 is 4.90 Å². The van der Waals surface area contributed by atoms with E-state index in [9.17, 15) is 0 Å². The smallest absolute Gasteiger partial charge is 0.211 e. The van der Waals surface area contributed by atoms with Gasteiger partial charge in [0.2, 0.25) is 5.95 Å². The van der Waals surface area contributed by atoms with Gasteiger partial charge in [0.15, 0.2) is 0 Å². The van der Waals surface area contributed by atoms with Crippen molar-refractivity contribution < 1.29 is 0 Å². The van der Waals surface area contributed by atoms with Gasteiger partial charge in [-0.2, -0.15) is 0 Å². The summed E-state index contributed by atoms with van der Waals surface area (Å²) in [4.78, 5) is 11.9. The molecule has 0 fully saturated rings. The molecule has 0 N–H and O–H groups in total. The molecular weight excluding hydrogens is 436 g/mol. The highest BCUT2D eigenvalue weighted by molar-refractivity contribution is 9.10. The molecule has 3 heterocycles. The molecule has 1 aliphatic rings. The van der Waals surface area contributed by atoms with Crippen LogP contribution in [0.15, 0.2) is 29.0 Å². The molecule has 1 aliphatic heterocycles. The third kappa shape index (κ3) is 3.33. The molecule has 0 unspecified atom stereocenters. The van der Waals surface area contributed by atoms with Gasteiger partial charge in [-0.1, -0.05) is 31.5 Å². The van der Waals surface area contributed by atoms with Gasteiger partial charge in [-0.05, 0) is 77.7 Å². The van der Waals surface area contributed by atoms with Crippen LogP contribution in [0.4, 0.5) is 11.6 Å². The minimum Gasteiger partial charge on any atom is -0.310 e. The number of benzene rings is 1. The number of pyridine rings is 1. The standard InChI is InChI=1S/C22H26BrClN4/c1-4-15(5-2)17-8-9-18(24)19-20(17)28-11-7-6-10-27(22(28)26-19)16-12-14(3)21(23)25-13-16/h8-9,12-13,15H,4-7,10-11H2,1-3H3. The Hall–Kier alpha value is -1.59. The molecule has 2 aromatic heterocycles. The second kappa shape index (κ2) is 8.03. The van der Waals surface area contributed by atoms with Crippen LogP contribution in [0.3, 0.4) is 0 Å². The Morgan fingerprint density at radius 2 is 1.93 bits per heavy atom. The van der Waals surface area contributed by atoms with Gasteiger partial charge in [0.05, 0.1) is 22.4 Å². The van der Waals surface area contributed by atoms with Gasteiger partial charge >= 0.3 is 0 Å². The maximum absolute atomic E-state index is 6.61. The fourth-order valence-corrected chi connectivity index (χ4v) is 4.68. The van der Waals surface area contributed by atoms with Crippen molar-refractivity contribution in [3.63, 3.8) is 0 Å². The quantitative estimate of drug-likeness (QED) is 0.393. The van der Waals surface area contributed by atoms with E-state index in [0.717, 1.165) is 71.1 Å². The number of aryl methyl sites for hydroxylation is 2. The normalized spacial score (nSPS) is 14.6. The molecule has 148 valence electrons. The van der Waals surface area contributed by atoms with E-state index in [2.05, 4.69) is 63.3 Å². The molecule has 0 amide bonds. The van der Waals surface area contributed by atoms with Crippen LogP contribution in [0.1, 0.15) is 56.6 Å². The highest BCUT2D eigenvalue weighted by Crippen LogP contribution is 2.39. The van der Waals surface area contributed by atoms with Gasteiger partial charge in [0, 0.05) is 13.1 Å². The Kier molecular flexibility index (Phi) is 5.66. The number of fused-ring (bicyclic) bond motifs is 3. The molecule has 0 saturated carbocycles. The summed E-state index contributed by atoms with van der Waals surface area (Å²) in [5.74, 6) is 1.50. The van der Waals surface area contributed by atoms with Gasteiger partial charge in [0.25, 0.3) is 0 Å². The fourth-order valence-electron chi connectivity index (χ4n) is 4.27. The Labute approximate surface area is 180 Å². The third-order valence-electron chi connectivity index (χ3n) is 5.85.